The van der Waals surface area contributed by atoms with Crippen molar-refractivity contribution in [3.63, 3.8) is 0 Å². The van der Waals surface area contributed by atoms with Crippen LogP contribution < -0.4 is 0 Å². The van der Waals surface area contributed by atoms with E-state index in [0.717, 1.165) is 25.3 Å². The SMILES string of the molecule is CC(C)CN(CC(C)C)C(=O)C1CC1c1ccco1. The molecule has 0 aromatic carbocycles. The van der Waals surface area contributed by atoms with Crippen LogP contribution in [0.2, 0.25) is 0 Å². The highest BCUT2D eigenvalue weighted by atomic mass is 16.3. The maximum Gasteiger partial charge on any atom is 0.226 e. The van der Waals surface area contributed by atoms with Gasteiger partial charge in [0, 0.05) is 24.9 Å². The minimum absolute atomic E-state index is 0.142. The van der Waals surface area contributed by atoms with Crippen LogP contribution in [0.4, 0.5) is 0 Å². The molecule has 2 atom stereocenters. The number of nitrogens with zero attached hydrogens (tertiary/aromatic N) is 1. The number of rotatable bonds is 6. The van der Waals surface area contributed by atoms with Gasteiger partial charge in [0.1, 0.15) is 5.76 Å². The van der Waals surface area contributed by atoms with E-state index in [2.05, 4.69) is 27.7 Å². The third kappa shape index (κ3) is 3.62. The quantitative estimate of drug-likeness (QED) is 0.786. The summed E-state index contributed by atoms with van der Waals surface area (Å²) in [5.41, 5.74) is 0. The predicted molar refractivity (Wildman–Crippen MR) is 75.8 cm³/mol. The van der Waals surface area contributed by atoms with Gasteiger partial charge in [-0.15, -0.1) is 0 Å². The van der Waals surface area contributed by atoms with Crippen LogP contribution in [0.3, 0.4) is 0 Å². The molecule has 1 fully saturated rings. The van der Waals surface area contributed by atoms with Crippen molar-refractivity contribution < 1.29 is 9.21 Å². The summed E-state index contributed by atoms with van der Waals surface area (Å²) in [6.45, 7) is 10.4. The van der Waals surface area contributed by atoms with E-state index in [4.69, 9.17) is 4.42 Å². The van der Waals surface area contributed by atoms with E-state index in [1.54, 1.807) is 6.26 Å². The van der Waals surface area contributed by atoms with E-state index in [9.17, 15) is 4.79 Å². The Hall–Kier alpha value is -1.25. The molecular formula is C16H25NO2. The maximum atomic E-state index is 12.6. The van der Waals surface area contributed by atoms with Gasteiger partial charge in [0.25, 0.3) is 0 Å². The molecule has 106 valence electrons. The van der Waals surface area contributed by atoms with Crippen molar-refractivity contribution in [2.45, 2.75) is 40.0 Å². The van der Waals surface area contributed by atoms with Gasteiger partial charge in [0.2, 0.25) is 5.91 Å². The van der Waals surface area contributed by atoms with Crippen LogP contribution in [0, 0.1) is 17.8 Å². The predicted octanol–water partition coefficient (Wildman–Crippen LogP) is 3.52. The lowest BCUT2D eigenvalue weighted by Crippen LogP contribution is -2.38. The Balaban J connectivity index is 1.96. The standard InChI is InChI=1S/C16H25NO2/c1-11(2)9-17(10-12(3)4)16(18)14-8-13(14)15-6-5-7-19-15/h5-7,11-14H,8-10H2,1-4H3. The minimum atomic E-state index is 0.142. The number of hydrogen-bond donors (Lipinski definition) is 0. The van der Waals surface area contributed by atoms with Crippen molar-refractivity contribution in [2.24, 2.45) is 17.8 Å². The monoisotopic (exact) mass is 263 g/mol. The molecule has 1 aromatic rings. The second-order valence-corrected chi connectivity index (χ2v) is 6.50. The molecular weight excluding hydrogens is 238 g/mol. The Morgan fingerprint density at radius 2 is 1.95 bits per heavy atom. The fraction of sp³-hybridized carbons (Fsp3) is 0.688. The second kappa shape index (κ2) is 5.81. The Morgan fingerprint density at radius 1 is 1.32 bits per heavy atom. The summed E-state index contributed by atoms with van der Waals surface area (Å²) in [4.78, 5) is 14.6. The molecule has 1 saturated carbocycles. The van der Waals surface area contributed by atoms with Gasteiger partial charge in [-0.2, -0.15) is 0 Å². The molecule has 1 amide bonds. The zero-order chi connectivity index (χ0) is 14.0. The van der Waals surface area contributed by atoms with Crippen LogP contribution in [-0.4, -0.2) is 23.9 Å². The van der Waals surface area contributed by atoms with Crippen LogP contribution in [0.1, 0.15) is 45.8 Å². The first-order valence-corrected chi connectivity index (χ1v) is 7.31. The summed E-state index contributed by atoms with van der Waals surface area (Å²) in [7, 11) is 0. The van der Waals surface area contributed by atoms with Crippen LogP contribution >= 0.6 is 0 Å². The molecule has 1 aliphatic carbocycles. The smallest absolute Gasteiger partial charge is 0.226 e. The van der Waals surface area contributed by atoms with Crippen molar-refractivity contribution in [1.29, 1.82) is 0 Å². The number of amides is 1. The van der Waals surface area contributed by atoms with Crippen molar-refractivity contribution in [3.8, 4) is 0 Å². The van der Waals surface area contributed by atoms with E-state index in [1.165, 1.54) is 0 Å². The molecule has 0 radical (unpaired) electrons. The molecule has 2 rings (SSSR count). The fourth-order valence-electron chi connectivity index (χ4n) is 2.66. The Bertz CT molecular complexity index is 398. The summed E-state index contributed by atoms with van der Waals surface area (Å²) in [5, 5.41) is 0. The lowest BCUT2D eigenvalue weighted by molar-refractivity contribution is -0.133. The highest BCUT2D eigenvalue weighted by Crippen LogP contribution is 2.48. The molecule has 0 spiro atoms. The molecule has 0 saturated heterocycles. The number of hydrogen-bond acceptors (Lipinski definition) is 2. The van der Waals surface area contributed by atoms with Crippen LogP contribution in [0.25, 0.3) is 0 Å². The van der Waals surface area contributed by atoms with E-state index >= 15 is 0 Å². The molecule has 1 aliphatic rings. The van der Waals surface area contributed by atoms with Gasteiger partial charge in [-0.3, -0.25) is 4.79 Å². The van der Waals surface area contributed by atoms with Gasteiger partial charge < -0.3 is 9.32 Å². The van der Waals surface area contributed by atoms with Crippen molar-refractivity contribution in [3.05, 3.63) is 24.2 Å². The molecule has 0 bridgehead atoms. The molecule has 2 unspecified atom stereocenters. The molecule has 19 heavy (non-hydrogen) atoms. The fourth-order valence-corrected chi connectivity index (χ4v) is 2.66. The first-order valence-electron chi connectivity index (χ1n) is 7.31. The van der Waals surface area contributed by atoms with Crippen molar-refractivity contribution >= 4 is 5.91 Å². The Labute approximate surface area is 116 Å². The van der Waals surface area contributed by atoms with E-state index in [-0.39, 0.29) is 5.92 Å². The number of furan rings is 1. The number of carbonyl (C=O) groups is 1. The van der Waals surface area contributed by atoms with Gasteiger partial charge in [0.15, 0.2) is 0 Å². The molecule has 1 aromatic heterocycles. The largest absolute Gasteiger partial charge is 0.469 e. The molecule has 1 heterocycles. The average Bonchev–Trinajstić information content (AvgIpc) is 2.92. The summed E-state index contributed by atoms with van der Waals surface area (Å²) in [6.07, 6.45) is 2.63. The highest BCUT2D eigenvalue weighted by molar-refractivity contribution is 5.82. The van der Waals surface area contributed by atoms with E-state index in [1.807, 2.05) is 17.0 Å². The van der Waals surface area contributed by atoms with E-state index < -0.39 is 0 Å². The molecule has 3 heteroatoms. The van der Waals surface area contributed by atoms with Gasteiger partial charge in [0.05, 0.1) is 6.26 Å². The highest BCUT2D eigenvalue weighted by Gasteiger charge is 2.47. The summed E-state index contributed by atoms with van der Waals surface area (Å²) >= 11 is 0. The maximum absolute atomic E-state index is 12.6. The lowest BCUT2D eigenvalue weighted by Gasteiger charge is -2.26. The van der Waals surface area contributed by atoms with Crippen LogP contribution in [0.15, 0.2) is 22.8 Å². The van der Waals surface area contributed by atoms with Crippen LogP contribution in [0.5, 0.6) is 0 Å². The van der Waals surface area contributed by atoms with Gasteiger partial charge in [-0.1, -0.05) is 27.7 Å². The average molecular weight is 263 g/mol. The number of carbonyl (C=O) groups excluding carboxylic acids is 1. The zero-order valence-corrected chi connectivity index (χ0v) is 12.4. The Kier molecular flexibility index (Phi) is 4.33. The third-order valence-corrected chi connectivity index (χ3v) is 3.50. The first kappa shape index (κ1) is 14.2. The summed E-state index contributed by atoms with van der Waals surface area (Å²) < 4.78 is 5.41. The van der Waals surface area contributed by atoms with Gasteiger partial charge >= 0.3 is 0 Å². The van der Waals surface area contributed by atoms with Gasteiger partial charge in [-0.25, -0.2) is 0 Å². The second-order valence-electron chi connectivity index (χ2n) is 6.50. The zero-order valence-electron chi connectivity index (χ0n) is 12.4. The van der Waals surface area contributed by atoms with Crippen LogP contribution in [-0.2, 0) is 4.79 Å². The Morgan fingerprint density at radius 3 is 2.42 bits per heavy atom. The van der Waals surface area contributed by atoms with Gasteiger partial charge in [-0.05, 0) is 30.4 Å². The van der Waals surface area contributed by atoms with Crippen molar-refractivity contribution in [2.75, 3.05) is 13.1 Å². The van der Waals surface area contributed by atoms with Crippen molar-refractivity contribution in [1.82, 2.24) is 4.90 Å². The summed E-state index contributed by atoms with van der Waals surface area (Å²) in [5.74, 6) is 2.76. The summed E-state index contributed by atoms with van der Waals surface area (Å²) in [6, 6.07) is 3.88. The normalized spacial score (nSPS) is 22.0. The third-order valence-electron chi connectivity index (χ3n) is 3.50. The molecule has 0 N–H and O–H groups in total. The first-order chi connectivity index (χ1) is 8.99. The molecule has 3 nitrogen and oxygen atoms in total. The van der Waals surface area contributed by atoms with E-state index in [0.29, 0.717) is 23.7 Å². The minimum Gasteiger partial charge on any atom is -0.469 e. The molecule has 0 aliphatic heterocycles. The topological polar surface area (TPSA) is 33.5 Å². The lowest BCUT2D eigenvalue weighted by atomic mass is 10.1.